The molecule has 2 nitrogen and oxygen atoms in total. The Morgan fingerprint density at radius 2 is 2.06 bits per heavy atom. The molecule has 0 unspecified atom stereocenters. The summed E-state index contributed by atoms with van der Waals surface area (Å²) in [6, 6.07) is 9.27. The van der Waals surface area contributed by atoms with Gasteiger partial charge < -0.3 is 5.32 Å². The molecule has 1 aromatic heterocycles. The molecule has 0 radical (unpaired) electrons. The molecular formula is C14H16N2. The predicted molar refractivity (Wildman–Crippen MR) is 66.5 cm³/mol. The average molecular weight is 212 g/mol. The molecule has 2 aromatic rings. The minimum absolute atomic E-state index is 0.794. The van der Waals surface area contributed by atoms with Gasteiger partial charge in [-0.1, -0.05) is 24.3 Å². The van der Waals surface area contributed by atoms with E-state index in [2.05, 4.69) is 34.6 Å². The Labute approximate surface area is 95.7 Å². The lowest BCUT2D eigenvalue weighted by molar-refractivity contribution is 0.683. The molecule has 0 atom stereocenters. The van der Waals surface area contributed by atoms with E-state index < -0.39 is 0 Å². The fraction of sp³-hybridized carbons (Fsp3) is 0.357. The third-order valence-corrected chi connectivity index (χ3v) is 3.16. The van der Waals surface area contributed by atoms with Gasteiger partial charge in [0.15, 0.2) is 0 Å². The topological polar surface area (TPSA) is 24.9 Å². The molecule has 82 valence electrons. The minimum atomic E-state index is 0.794. The molecule has 0 aliphatic heterocycles. The van der Waals surface area contributed by atoms with Gasteiger partial charge in [-0.25, -0.2) is 0 Å². The minimum Gasteiger partial charge on any atom is -0.314 e. The first-order chi connectivity index (χ1) is 7.93. The van der Waals surface area contributed by atoms with E-state index in [4.69, 9.17) is 0 Å². The van der Waals surface area contributed by atoms with Crippen LogP contribution in [0.1, 0.15) is 18.4 Å². The number of hydrogen-bond acceptors (Lipinski definition) is 2. The fourth-order valence-corrected chi connectivity index (χ4v) is 2.08. The second-order valence-electron chi connectivity index (χ2n) is 4.50. The number of nitrogens with zero attached hydrogens (tertiary/aromatic N) is 1. The van der Waals surface area contributed by atoms with Gasteiger partial charge in [0.1, 0.15) is 0 Å². The van der Waals surface area contributed by atoms with Crippen LogP contribution < -0.4 is 5.32 Å². The van der Waals surface area contributed by atoms with Gasteiger partial charge in [-0.2, -0.15) is 0 Å². The monoisotopic (exact) mass is 212 g/mol. The Balaban J connectivity index is 1.79. The van der Waals surface area contributed by atoms with Crippen molar-refractivity contribution in [3.63, 3.8) is 0 Å². The second kappa shape index (κ2) is 4.22. The molecule has 1 N–H and O–H groups in total. The molecule has 0 amide bonds. The van der Waals surface area contributed by atoms with Crippen LogP contribution in [0.2, 0.25) is 0 Å². The summed E-state index contributed by atoms with van der Waals surface area (Å²) in [4.78, 5) is 4.30. The van der Waals surface area contributed by atoms with Crippen LogP contribution in [0.15, 0.2) is 36.7 Å². The Bertz CT molecular complexity index is 484. The highest BCUT2D eigenvalue weighted by Gasteiger charge is 2.19. The van der Waals surface area contributed by atoms with Crippen molar-refractivity contribution < 1.29 is 0 Å². The van der Waals surface area contributed by atoms with Crippen LogP contribution in [0.5, 0.6) is 0 Å². The number of hydrogen-bond donors (Lipinski definition) is 1. The predicted octanol–water partition coefficient (Wildman–Crippen LogP) is 2.53. The summed E-state index contributed by atoms with van der Waals surface area (Å²) < 4.78 is 0. The van der Waals surface area contributed by atoms with Crippen LogP contribution in [0, 0.1) is 0 Å². The lowest BCUT2D eigenvalue weighted by Crippen LogP contribution is -2.19. The van der Waals surface area contributed by atoms with E-state index in [9.17, 15) is 0 Å². The van der Waals surface area contributed by atoms with Crippen molar-refractivity contribution in [1.82, 2.24) is 10.3 Å². The molecule has 1 aliphatic rings. The Morgan fingerprint density at radius 1 is 1.19 bits per heavy atom. The van der Waals surface area contributed by atoms with E-state index in [1.54, 1.807) is 0 Å². The molecule has 1 aliphatic carbocycles. The summed E-state index contributed by atoms with van der Waals surface area (Å²) in [6.07, 6.45) is 7.72. The van der Waals surface area contributed by atoms with Crippen LogP contribution in [0.25, 0.3) is 10.8 Å². The van der Waals surface area contributed by atoms with E-state index in [1.165, 1.54) is 29.2 Å². The standard InChI is InChI=1S/C14H16N2/c1-2-4-14-11(3-1)9-15-10-12(14)7-8-16-13-5-6-13/h1-4,9-10,13,16H,5-8H2. The fourth-order valence-electron chi connectivity index (χ4n) is 2.08. The van der Waals surface area contributed by atoms with Gasteiger partial charge in [0, 0.05) is 23.8 Å². The largest absolute Gasteiger partial charge is 0.314 e. The maximum absolute atomic E-state index is 4.30. The van der Waals surface area contributed by atoms with Gasteiger partial charge in [-0.15, -0.1) is 0 Å². The average Bonchev–Trinajstić information content (AvgIpc) is 3.13. The van der Waals surface area contributed by atoms with E-state index >= 15 is 0 Å². The molecule has 0 saturated heterocycles. The van der Waals surface area contributed by atoms with E-state index in [0.717, 1.165) is 19.0 Å². The Hall–Kier alpha value is -1.41. The summed E-state index contributed by atoms with van der Waals surface area (Å²) in [5.41, 5.74) is 1.35. The van der Waals surface area contributed by atoms with Crippen molar-refractivity contribution >= 4 is 10.8 Å². The molecule has 16 heavy (non-hydrogen) atoms. The lowest BCUT2D eigenvalue weighted by Gasteiger charge is -2.06. The number of rotatable bonds is 4. The lowest BCUT2D eigenvalue weighted by atomic mass is 10.1. The highest BCUT2D eigenvalue weighted by molar-refractivity contribution is 5.84. The van der Waals surface area contributed by atoms with E-state index in [0.29, 0.717) is 0 Å². The maximum Gasteiger partial charge on any atom is 0.0346 e. The number of nitrogens with one attached hydrogen (secondary N) is 1. The molecule has 3 rings (SSSR count). The Kier molecular flexibility index (Phi) is 2.58. The van der Waals surface area contributed by atoms with Crippen molar-refractivity contribution in [2.75, 3.05) is 6.54 Å². The van der Waals surface area contributed by atoms with Crippen LogP contribution in [-0.4, -0.2) is 17.6 Å². The van der Waals surface area contributed by atoms with Crippen LogP contribution in [-0.2, 0) is 6.42 Å². The smallest absolute Gasteiger partial charge is 0.0346 e. The third-order valence-electron chi connectivity index (χ3n) is 3.16. The molecule has 1 aromatic carbocycles. The van der Waals surface area contributed by atoms with Gasteiger partial charge in [0.05, 0.1) is 0 Å². The second-order valence-corrected chi connectivity index (χ2v) is 4.50. The molecule has 0 bridgehead atoms. The zero-order chi connectivity index (χ0) is 10.8. The number of pyridine rings is 1. The summed E-state index contributed by atoms with van der Waals surface area (Å²) in [6.45, 7) is 1.07. The van der Waals surface area contributed by atoms with Crippen LogP contribution >= 0.6 is 0 Å². The SMILES string of the molecule is c1ccc2c(CCNC3CC3)cncc2c1. The van der Waals surface area contributed by atoms with Crippen LogP contribution in [0.4, 0.5) is 0 Å². The van der Waals surface area contributed by atoms with Gasteiger partial charge in [-0.3, -0.25) is 4.98 Å². The van der Waals surface area contributed by atoms with Gasteiger partial charge in [0.25, 0.3) is 0 Å². The molecular weight excluding hydrogens is 196 g/mol. The van der Waals surface area contributed by atoms with Gasteiger partial charge >= 0.3 is 0 Å². The quantitative estimate of drug-likeness (QED) is 0.842. The third kappa shape index (κ3) is 2.07. The van der Waals surface area contributed by atoms with Crippen molar-refractivity contribution in [3.8, 4) is 0 Å². The molecule has 1 saturated carbocycles. The zero-order valence-electron chi connectivity index (χ0n) is 9.32. The van der Waals surface area contributed by atoms with Crippen molar-refractivity contribution in [3.05, 3.63) is 42.2 Å². The van der Waals surface area contributed by atoms with Crippen molar-refractivity contribution in [2.24, 2.45) is 0 Å². The molecule has 1 heterocycles. The highest BCUT2D eigenvalue weighted by Crippen LogP contribution is 2.20. The summed E-state index contributed by atoms with van der Waals surface area (Å²) >= 11 is 0. The first kappa shape index (κ1) is 9.79. The first-order valence-corrected chi connectivity index (χ1v) is 5.98. The van der Waals surface area contributed by atoms with Gasteiger partial charge in [0.2, 0.25) is 0 Å². The molecule has 2 heteroatoms. The zero-order valence-corrected chi connectivity index (χ0v) is 9.32. The number of aromatic nitrogens is 1. The molecule has 1 fully saturated rings. The molecule has 0 spiro atoms. The maximum atomic E-state index is 4.30. The highest BCUT2D eigenvalue weighted by atomic mass is 14.9. The first-order valence-electron chi connectivity index (χ1n) is 5.98. The van der Waals surface area contributed by atoms with E-state index in [1.807, 2.05) is 12.4 Å². The van der Waals surface area contributed by atoms with Gasteiger partial charge in [-0.05, 0) is 36.8 Å². The summed E-state index contributed by atoms with van der Waals surface area (Å²) in [5.74, 6) is 0. The van der Waals surface area contributed by atoms with E-state index in [-0.39, 0.29) is 0 Å². The van der Waals surface area contributed by atoms with Crippen LogP contribution in [0.3, 0.4) is 0 Å². The normalized spacial score (nSPS) is 15.5. The summed E-state index contributed by atoms with van der Waals surface area (Å²) in [7, 11) is 0. The summed E-state index contributed by atoms with van der Waals surface area (Å²) in [5, 5.41) is 6.13. The number of fused-ring (bicyclic) bond motifs is 1. The van der Waals surface area contributed by atoms with Crippen molar-refractivity contribution in [2.45, 2.75) is 25.3 Å². The Morgan fingerprint density at radius 3 is 2.94 bits per heavy atom. The number of benzene rings is 1. The van der Waals surface area contributed by atoms with Crippen molar-refractivity contribution in [1.29, 1.82) is 0 Å².